The maximum atomic E-state index is 6.39. The number of aryl methyl sites for hydroxylation is 2. The second kappa shape index (κ2) is 7.32. The summed E-state index contributed by atoms with van der Waals surface area (Å²) in [5, 5.41) is 5.25. The van der Waals surface area contributed by atoms with Gasteiger partial charge in [-0.15, -0.1) is 0 Å². The van der Waals surface area contributed by atoms with E-state index in [1.165, 1.54) is 5.56 Å². The van der Waals surface area contributed by atoms with Gasteiger partial charge in [-0.1, -0.05) is 18.5 Å². The van der Waals surface area contributed by atoms with E-state index < -0.39 is 0 Å². The summed E-state index contributed by atoms with van der Waals surface area (Å²) in [6.45, 7) is 5.02. The Morgan fingerprint density at radius 1 is 1.35 bits per heavy atom. The maximum Gasteiger partial charge on any atom is 0.137 e. The van der Waals surface area contributed by atoms with E-state index in [9.17, 15) is 0 Å². The molecule has 1 aliphatic rings. The summed E-state index contributed by atoms with van der Waals surface area (Å²) in [5.41, 5.74) is 2.27. The molecule has 0 aromatic carbocycles. The highest BCUT2D eigenvalue weighted by molar-refractivity contribution is 6.30. The highest BCUT2D eigenvalue weighted by Crippen LogP contribution is 2.24. The van der Waals surface area contributed by atoms with Crippen molar-refractivity contribution in [3.63, 3.8) is 0 Å². The smallest absolute Gasteiger partial charge is 0.137 e. The summed E-state index contributed by atoms with van der Waals surface area (Å²) in [5.74, 6) is 0.856. The van der Waals surface area contributed by atoms with Crippen LogP contribution >= 0.6 is 11.6 Å². The van der Waals surface area contributed by atoms with Gasteiger partial charge in [-0.05, 0) is 31.4 Å². The molecular formula is C17H23ClN4O. The van der Waals surface area contributed by atoms with Crippen molar-refractivity contribution in [2.45, 2.75) is 38.8 Å². The number of hydrogen-bond acceptors (Lipinski definition) is 4. The highest BCUT2D eigenvalue weighted by atomic mass is 35.5. The third-order valence-electron chi connectivity index (χ3n) is 4.34. The van der Waals surface area contributed by atoms with Gasteiger partial charge in [0.1, 0.15) is 17.0 Å². The average molecular weight is 335 g/mol. The zero-order valence-corrected chi connectivity index (χ0v) is 14.5. The van der Waals surface area contributed by atoms with Gasteiger partial charge in [-0.2, -0.15) is 5.10 Å². The molecule has 23 heavy (non-hydrogen) atoms. The average Bonchev–Trinajstić information content (AvgIpc) is 2.85. The van der Waals surface area contributed by atoms with E-state index in [0.29, 0.717) is 0 Å². The number of hydrogen-bond donors (Lipinski definition) is 0. The number of likely N-dealkylation sites (tertiary alicyclic amines) is 1. The van der Waals surface area contributed by atoms with E-state index in [1.54, 1.807) is 17.1 Å². The zero-order valence-electron chi connectivity index (χ0n) is 13.7. The fourth-order valence-electron chi connectivity index (χ4n) is 3.06. The molecule has 0 atom stereocenters. The van der Waals surface area contributed by atoms with Crippen LogP contribution in [-0.4, -0.2) is 38.9 Å². The SMILES string of the molecule is CCc1nn(C)c(Cl)c1CN1CCC(Oc2cccnc2)CC1. The van der Waals surface area contributed by atoms with Crippen LogP contribution in [0.3, 0.4) is 0 Å². The molecule has 0 spiro atoms. The summed E-state index contributed by atoms with van der Waals surface area (Å²) >= 11 is 6.39. The van der Waals surface area contributed by atoms with Crippen molar-refractivity contribution in [2.24, 2.45) is 7.05 Å². The molecule has 6 heteroatoms. The molecule has 0 radical (unpaired) electrons. The number of nitrogens with zero attached hydrogens (tertiary/aromatic N) is 4. The summed E-state index contributed by atoms with van der Waals surface area (Å²) in [6, 6.07) is 3.86. The van der Waals surface area contributed by atoms with E-state index in [-0.39, 0.29) is 6.10 Å². The lowest BCUT2D eigenvalue weighted by Crippen LogP contribution is -2.38. The zero-order chi connectivity index (χ0) is 16.2. The lowest BCUT2D eigenvalue weighted by atomic mass is 10.1. The van der Waals surface area contributed by atoms with Crippen molar-refractivity contribution < 1.29 is 4.74 Å². The minimum Gasteiger partial charge on any atom is -0.489 e. The molecule has 0 saturated carbocycles. The van der Waals surface area contributed by atoms with Crippen molar-refractivity contribution in [1.29, 1.82) is 0 Å². The Hall–Kier alpha value is -1.59. The van der Waals surface area contributed by atoms with Crippen LogP contribution < -0.4 is 4.74 Å². The van der Waals surface area contributed by atoms with Gasteiger partial charge < -0.3 is 4.74 Å². The Balaban J connectivity index is 1.55. The predicted molar refractivity (Wildman–Crippen MR) is 90.8 cm³/mol. The quantitative estimate of drug-likeness (QED) is 0.842. The number of pyridine rings is 1. The van der Waals surface area contributed by atoms with Crippen LogP contribution in [0.5, 0.6) is 5.75 Å². The summed E-state index contributed by atoms with van der Waals surface area (Å²) in [4.78, 5) is 6.53. The van der Waals surface area contributed by atoms with Crippen LogP contribution in [0.2, 0.25) is 5.15 Å². The number of aromatic nitrogens is 3. The number of halogens is 1. The lowest BCUT2D eigenvalue weighted by molar-refractivity contribution is 0.0964. The van der Waals surface area contributed by atoms with Crippen molar-refractivity contribution in [2.75, 3.05) is 13.1 Å². The molecule has 5 nitrogen and oxygen atoms in total. The number of ether oxygens (including phenoxy) is 1. The Morgan fingerprint density at radius 3 is 2.78 bits per heavy atom. The summed E-state index contributed by atoms with van der Waals surface area (Å²) < 4.78 is 7.77. The molecule has 2 aromatic heterocycles. The number of rotatable bonds is 5. The molecule has 0 bridgehead atoms. The fourth-order valence-corrected chi connectivity index (χ4v) is 3.27. The minimum atomic E-state index is 0.269. The van der Waals surface area contributed by atoms with Crippen molar-refractivity contribution in [3.05, 3.63) is 40.9 Å². The van der Waals surface area contributed by atoms with Gasteiger partial charge in [0.25, 0.3) is 0 Å². The lowest BCUT2D eigenvalue weighted by Gasteiger charge is -2.32. The first-order chi connectivity index (χ1) is 11.2. The molecule has 0 aliphatic carbocycles. The van der Waals surface area contributed by atoms with Gasteiger partial charge in [-0.25, -0.2) is 0 Å². The molecule has 1 fully saturated rings. The van der Waals surface area contributed by atoms with E-state index in [2.05, 4.69) is 21.9 Å². The first-order valence-corrected chi connectivity index (χ1v) is 8.54. The fraction of sp³-hybridized carbons (Fsp3) is 0.529. The van der Waals surface area contributed by atoms with Gasteiger partial charge in [0, 0.05) is 38.4 Å². The van der Waals surface area contributed by atoms with Crippen LogP contribution in [-0.2, 0) is 20.0 Å². The van der Waals surface area contributed by atoms with Crippen LogP contribution in [0.15, 0.2) is 24.5 Å². The van der Waals surface area contributed by atoms with Gasteiger partial charge in [0.05, 0.1) is 11.9 Å². The van der Waals surface area contributed by atoms with Crippen LogP contribution in [0.1, 0.15) is 31.0 Å². The highest BCUT2D eigenvalue weighted by Gasteiger charge is 2.23. The summed E-state index contributed by atoms with van der Waals surface area (Å²) in [7, 11) is 1.90. The molecule has 0 amide bonds. The van der Waals surface area contributed by atoms with Gasteiger partial charge in [0.2, 0.25) is 0 Å². The van der Waals surface area contributed by atoms with E-state index in [1.807, 2.05) is 19.2 Å². The topological polar surface area (TPSA) is 43.2 Å². The van der Waals surface area contributed by atoms with Crippen molar-refractivity contribution >= 4 is 11.6 Å². The van der Waals surface area contributed by atoms with E-state index >= 15 is 0 Å². The molecule has 0 unspecified atom stereocenters. The third kappa shape index (κ3) is 3.85. The van der Waals surface area contributed by atoms with Gasteiger partial charge in [-0.3, -0.25) is 14.6 Å². The Kier molecular flexibility index (Phi) is 5.18. The third-order valence-corrected chi connectivity index (χ3v) is 4.81. The molecule has 1 saturated heterocycles. The first-order valence-electron chi connectivity index (χ1n) is 8.16. The second-order valence-electron chi connectivity index (χ2n) is 5.98. The minimum absolute atomic E-state index is 0.269. The van der Waals surface area contributed by atoms with Gasteiger partial charge in [0.15, 0.2) is 0 Å². The van der Waals surface area contributed by atoms with Crippen molar-refractivity contribution in [3.8, 4) is 5.75 Å². The normalized spacial score (nSPS) is 16.7. The molecule has 1 aliphatic heterocycles. The molecular weight excluding hydrogens is 312 g/mol. The van der Waals surface area contributed by atoms with E-state index in [4.69, 9.17) is 16.3 Å². The Bertz CT molecular complexity index is 636. The van der Waals surface area contributed by atoms with Crippen LogP contribution in [0.4, 0.5) is 0 Å². The second-order valence-corrected chi connectivity index (χ2v) is 6.33. The summed E-state index contributed by atoms with van der Waals surface area (Å²) in [6.07, 6.45) is 6.76. The molecule has 0 N–H and O–H groups in total. The maximum absolute atomic E-state index is 6.39. The monoisotopic (exact) mass is 334 g/mol. The molecule has 2 aromatic rings. The Labute approximate surface area is 142 Å². The van der Waals surface area contributed by atoms with Gasteiger partial charge >= 0.3 is 0 Å². The predicted octanol–water partition coefficient (Wildman–Crippen LogP) is 3.07. The van der Waals surface area contributed by atoms with Crippen molar-refractivity contribution in [1.82, 2.24) is 19.7 Å². The largest absolute Gasteiger partial charge is 0.489 e. The molecule has 124 valence electrons. The van der Waals surface area contributed by atoms with E-state index in [0.717, 1.165) is 55.5 Å². The first kappa shape index (κ1) is 16.3. The van der Waals surface area contributed by atoms with Crippen LogP contribution in [0, 0.1) is 0 Å². The van der Waals surface area contributed by atoms with Crippen LogP contribution in [0.25, 0.3) is 0 Å². The molecule has 3 heterocycles. The molecule has 3 rings (SSSR count). The number of piperidine rings is 1. The standard InChI is InChI=1S/C17H23ClN4O/c1-3-16-15(17(18)21(2)20-16)12-22-9-6-13(7-10-22)23-14-5-4-8-19-11-14/h4-5,8,11,13H,3,6-7,9-10,12H2,1-2H3. The Morgan fingerprint density at radius 2 is 2.13 bits per heavy atom.